The molecule has 0 aliphatic carbocycles. The van der Waals surface area contributed by atoms with Crippen molar-refractivity contribution in [2.45, 2.75) is 81.9 Å². The van der Waals surface area contributed by atoms with Gasteiger partial charge in [0, 0.05) is 17.6 Å². The highest BCUT2D eigenvalue weighted by molar-refractivity contribution is 7.44. The van der Waals surface area contributed by atoms with Crippen LogP contribution in [-0.2, 0) is 28.9 Å². The van der Waals surface area contributed by atoms with Crippen LogP contribution >= 0.6 is 8.53 Å². The summed E-state index contributed by atoms with van der Waals surface area (Å²) >= 11 is 0. The zero-order valence-corrected chi connectivity index (χ0v) is 38.7. The number of fused-ring (bicyclic) bond motifs is 3. The molecule has 2 saturated heterocycles. The number of nitrogens with one attached hydrogen (secondary N) is 1. The molecule has 16 heteroatoms. The topological polar surface area (TPSA) is 164 Å². The van der Waals surface area contributed by atoms with Gasteiger partial charge in [0.15, 0.2) is 28.8 Å². The number of nitriles is 1. The monoisotopic (exact) mass is 911 g/mol. The van der Waals surface area contributed by atoms with Crippen LogP contribution in [0, 0.1) is 11.3 Å². The average molecular weight is 912 g/mol. The number of imidazole rings is 1. The van der Waals surface area contributed by atoms with Crippen LogP contribution in [0.4, 0.5) is 5.82 Å². The number of rotatable bonds is 20. The van der Waals surface area contributed by atoms with Crippen molar-refractivity contribution >= 4 is 31.4 Å². The fourth-order valence-corrected chi connectivity index (χ4v) is 10.6. The van der Waals surface area contributed by atoms with E-state index in [4.69, 9.17) is 37.7 Å². The summed E-state index contributed by atoms with van der Waals surface area (Å²) in [6.45, 7) is 12.9. The second-order valence-corrected chi connectivity index (χ2v) is 17.9. The Kier molecular flexibility index (Phi) is 14.2. The molecule has 8 rings (SSSR count). The average Bonchev–Trinajstić information content (AvgIpc) is 4.03. The smallest absolute Gasteiger partial charge is 0.259 e. The maximum Gasteiger partial charge on any atom is 0.259 e. The molecule has 1 N–H and O–H groups in total. The van der Waals surface area contributed by atoms with E-state index in [1.807, 2.05) is 84.9 Å². The van der Waals surface area contributed by atoms with Crippen LogP contribution in [-0.4, -0.2) is 93.5 Å². The fraction of sp³-hybridized carbons (Fsp3) is 0.340. The van der Waals surface area contributed by atoms with E-state index in [1.54, 1.807) is 55.5 Å². The van der Waals surface area contributed by atoms with Gasteiger partial charge in [-0.25, -0.2) is 19.6 Å². The zero-order chi connectivity index (χ0) is 46.4. The third kappa shape index (κ3) is 8.81. The van der Waals surface area contributed by atoms with Gasteiger partial charge in [-0.2, -0.15) is 5.26 Å². The molecular weight excluding hydrogens is 858 g/mol. The minimum Gasteiger partial charge on any atom is -0.497 e. The molecule has 2 fully saturated rings. The van der Waals surface area contributed by atoms with Crippen LogP contribution in [0.1, 0.15) is 67.4 Å². The Morgan fingerprint density at radius 3 is 2.11 bits per heavy atom. The Balaban J connectivity index is 1.27. The molecule has 2 bridgehead atoms. The van der Waals surface area contributed by atoms with Crippen LogP contribution in [0.2, 0.25) is 0 Å². The standard InChI is InChI=1S/C50H54N7O8P/c1-8-41(63-50(36-18-13-10-14-19-36,37-20-24-39(59-6)25-21-37)38-22-26-40(60-7)27-23-38)49-30-61-43(44(49)65-66(62-29-15-28-51)57(33(2)3)34(4)5)48(64-49)56-32-54-42-45(52-31-53-46(42)56)55-47(58)35-16-11-9-12-17-35/h8-14,16-27,31-34,41,43-44,48H,1,15,29-30H2,2-7H3,(H,52,53,55,58)/t41-,43-,44+,48-,49?,66?/m1/s1. The number of ether oxygens (including phenoxy) is 5. The number of anilines is 1. The van der Waals surface area contributed by atoms with Crippen molar-refractivity contribution < 1.29 is 37.5 Å². The fourth-order valence-electron chi connectivity index (χ4n) is 8.83. The molecule has 15 nitrogen and oxygen atoms in total. The van der Waals surface area contributed by atoms with Crippen LogP contribution in [0.3, 0.4) is 0 Å². The highest BCUT2D eigenvalue weighted by atomic mass is 31.2. The molecule has 0 radical (unpaired) electrons. The molecule has 6 aromatic rings. The Labute approximate surface area is 386 Å². The first kappa shape index (κ1) is 46.4. The number of hydrogen-bond acceptors (Lipinski definition) is 13. The predicted molar refractivity (Wildman–Crippen MR) is 250 cm³/mol. The van der Waals surface area contributed by atoms with Gasteiger partial charge in [0.05, 0.1) is 46.3 Å². The van der Waals surface area contributed by atoms with Crippen LogP contribution < -0.4 is 14.8 Å². The Morgan fingerprint density at radius 2 is 1.53 bits per heavy atom. The van der Waals surface area contributed by atoms with Crippen molar-refractivity contribution in [3.8, 4) is 17.6 Å². The van der Waals surface area contributed by atoms with Crippen LogP contribution in [0.5, 0.6) is 11.5 Å². The number of benzene rings is 4. The summed E-state index contributed by atoms with van der Waals surface area (Å²) in [4.78, 5) is 27.1. The molecule has 66 heavy (non-hydrogen) atoms. The number of methoxy groups -OCH3 is 2. The van der Waals surface area contributed by atoms with Gasteiger partial charge >= 0.3 is 0 Å². The third-order valence-corrected chi connectivity index (χ3v) is 14.0. The van der Waals surface area contributed by atoms with E-state index in [1.165, 1.54) is 6.33 Å². The lowest BCUT2D eigenvalue weighted by Crippen LogP contribution is -2.55. The molecule has 4 heterocycles. The number of amides is 1. The largest absolute Gasteiger partial charge is 0.497 e. The molecule has 342 valence electrons. The van der Waals surface area contributed by atoms with Gasteiger partial charge in [0.1, 0.15) is 41.7 Å². The number of hydrogen-bond donors (Lipinski definition) is 1. The molecule has 2 aliphatic rings. The minimum atomic E-state index is -1.82. The summed E-state index contributed by atoms with van der Waals surface area (Å²) in [6, 6.07) is 36.7. The van der Waals surface area contributed by atoms with E-state index >= 15 is 0 Å². The lowest BCUT2D eigenvalue weighted by Gasteiger charge is -2.45. The molecule has 1 amide bonds. The molecule has 2 aliphatic heterocycles. The van der Waals surface area contributed by atoms with Gasteiger partial charge in [0.2, 0.25) is 0 Å². The first-order chi connectivity index (χ1) is 32.1. The van der Waals surface area contributed by atoms with Crippen LogP contribution in [0.15, 0.2) is 135 Å². The van der Waals surface area contributed by atoms with Gasteiger partial charge in [-0.1, -0.05) is 78.9 Å². The summed E-state index contributed by atoms with van der Waals surface area (Å²) in [6.07, 6.45) is 1.48. The van der Waals surface area contributed by atoms with E-state index in [0.717, 1.165) is 16.7 Å². The second kappa shape index (κ2) is 20.2. The zero-order valence-electron chi connectivity index (χ0n) is 37.8. The van der Waals surface area contributed by atoms with E-state index < -0.39 is 44.3 Å². The first-order valence-corrected chi connectivity index (χ1v) is 22.9. The van der Waals surface area contributed by atoms with Crippen LogP contribution in [0.25, 0.3) is 11.2 Å². The van der Waals surface area contributed by atoms with Crippen molar-refractivity contribution in [1.82, 2.24) is 24.2 Å². The molecule has 2 aromatic heterocycles. The highest BCUT2D eigenvalue weighted by Crippen LogP contribution is 2.58. The van der Waals surface area contributed by atoms with Gasteiger partial charge in [-0.05, 0) is 80.8 Å². The summed E-state index contributed by atoms with van der Waals surface area (Å²) in [5, 5.41) is 12.5. The van der Waals surface area contributed by atoms with E-state index in [9.17, 15) is 10.1 Å². The van der Waals surface area contributed by atoms with Crippen molar-refractivity contribution in [1.29, 1.82) is 5.26 Å². The van der Waals surface area contributed by atoms with Gasteiger partial charge in [-0.15, -0.1) is 6.58 Å². The van der Waals surface area contributed by atoms with Crippen molar-refractivity contribution in [2.24, 2.45) is 0 Å². The number of nitrogens with zero attached hydrogens (tertiary/aromatic N) is 6. The van der Waals surface area contributed by atoms with Gasteiger partial charge in [0.25, 0.3) is 14.4 Å². The lowest BCUT2D eigenvalue weighted by molar-refractivity contribution is -0.221. The Bertz CT molecular complexity index is 2570. The SMILES string of the molecule is C=C[C@@H](OC(c1ccccc1)(c1ccc(OC)cc1)c1ccc(OC)cc1)C12CO[C@@H]([C@H](n3cnc4c(NC(=O)c5ccccc5)ncnc43)O1)[C@@H]2OP(OCCC#N)N(C(C)C)C(C)C. The van der Waals surface area contributed by atoms with E-state index in [-0.39, 0.29) is 43.4 Å². The van der Waals surface area contributed by atoms with Crippen molar-refractivity contribution in [3.63, 3.8) is 0 Å². The normalized spacial score (nSPS) is 20.1. The van der Waals surface area contributed by atoms with Gasteiger partial charge < -0.3 is 38.0 Å². The maximum atomic E-state index is 13.3. The van der Waals surface area contributed by atoms with E-state index in [0.29, 0.717) is 28.2 Å². The van der Waals surface area contributed by atoms with Crippen molar-refractivity contribution in [2.75, 3.05) is 32.8 Å². The molecule has 0 spiro atoms. The molecule has 2 unspecified atom stereocenters. The third-order valence-electron chi connectivity index (χ3n) is 11.8. The number of carbonyl (C=O) groups excluding carboxylic acids is 1. The van der Waals surface area contributed by atoms with Crippen molar-refractivity contribution in [3.05, 3.63) is 157 Å². The number of carbonyl (C=O) groups is 1. The molecular formula is C50H54N7O8P. The summed E-state index contributed by atoms with van der Waals surface area (Å²) in [7, 11) is 1.44. The summed E-state index contributed by atoms with van der Waals surface area (Å²) in [5.74, 6) is 1.25. The predicted octanol–water partition coefficient (Wildman–Crippen LogP) is 8.99. The summed E-state index contributed by atoms with van der Waals surface area (Å²) in [5.41, 5.74) is 1.01. The van der Waals surface area contributed by atoms with Gasteiger partial charge in [-0.3, -0.25) is 9.36 Å². The Hall–Kier alpha value is -6.08. The quantitative estimate of drug-likeness (QED) is 0.0334. The minimum absolute atomic E-state index is 0.00646. The molecule has 4 aromatic carbocycles. The maximum absolute atomic E-state index is 13.3. The molecule has 0 saturated carbocycles. The first-order valence-electron chi connectivity index (χ1n) is 21.8. The molecule has 6 atom stereocenters. The van der Waals surface area contributed by atoms with E-state index in [2.05, 4.69) is 60.3 Å². The second-order valence-electron chi connectivity index (χ2n) is 16.5. The highest BCUT2D eigenvalue weighted by Gasteiger charge is 2.68. The number of aromatic nitrogens is 4. The Morgan fingerprint density at radius 1 is 0.924 bits per heavy atom. The lowest BCUT2D eigenvalue weighted by atomic mass is 9.79. The summed E-state index contributed by atoms with van der Waals surface area (Å²) < 4.78 is 50.9.